The van der Waals surface area contributed by atoms with Gasteiger partial charge < -0.3 is 15.3 Å². The second-order valence-corrected chi connectivity index (χ2v) is 7.07. The number of aliphatic carboxylic acids is 1. The van der Waals surface area contributed by atoms with Crippen molar-refractivity contribution >= 4 is 12.0 Å². The Morgan fingerprint density at radius 3 is 2.71 bits per heavy atom. The van der Waals surface area contributed by atoms with Gasteiger partial charge in [-0.2, -0.15) is 0 Å². The summed E-state index contributed by atoms with van der Waals surface area (Å²) < 4.78 is 0. The van der Waals surface area contributed by atoms with Gasteiger partial charge in [0.05, 0.1) is 0 Å². The van der Waals surface area contributed by atoms with E-state index < -0.39 is 11.5 Å². The molecule has 2 amide bonds. The summed E-state index contributed by atoms with van der Waals surface area (Å²) >= 11 is 0. The lowest BCUT2D eigenvalue weighted by Crippen LogP contribution is -2.57. The Hall–Kier alpha value is -1.26. The number of carboxylic acids is 1. The fourth-order valence-corrected chi connectivity index (χ4v) is 4.84. The lowest BCUT2D eigenvalue weighted by Gasteiger charge is -2.36. The molecule has 1 saturated heterocycles. The molecule has 3 aliphatic rings. The molecule has 0 aromatic heterocycles. The van der Waals surface area contributed by atoms with Crippen LogP contribution < -0.4 is 5.32 Å². The second kappa shape index (κ2) is 5.50. The minimum atomic E-state index is -0.976. The zero-order valence-electron chi connectivity index (χ0n) is 12.8. The number of nitrogens with one attached hydrogen (secondary N) is 1. The highest BCUT2D eigenvalue weighted by Gasteiger charge is 2.50. The Labute approximate surface area is 126 Å². The van der Waals surface area contributed by atoms with Crippen LogP contribution in [0.5, 0.6) is 0 Å². The molecule has 2 bridgehead atoms. The number of rotatable bonds is 4. The van der Waals surface area contributed by atoms with E-state index in [2.05, 4.69) is 5.32 Å². The van der Waals surface area contributed by atoms with Crippen LogP contribution in [-0.2, 0) is 4.79 Å². The van der Waals surface area contributed by atoms with Gasteiger partial charge in [0.15, 0.2) is 0 Å². The van der Waals surface area contributed by atoms with Crippen LogP contribution in [0, 0.1) is 11.8 Å². The fraction of sp³-hybridized carbons (Fsp3) is 0.875. The molecule has 0 aromatic carbocycles. The zero-order chi connectivity index (χ0) is 15.0. The van der Waals surface area contributed by atoms with E-state index in [0.717, 1.165) is 25.2 Å². The van der Waals surface area contributed by atoms with E-state index in [0.29, 0.717) is 25.3 Å². The number of urea groups is 1. The van der Waals surface area contributed by atoms with Gasteiger partial charge in [-0.05, 0) is 50.4 Å². The highest BCUT2D eigenvalue weighted by atomic mass is 16.4. The van der Waals surface area contributed by atoms with Crippen molar-refractivity contribution in [3.8, 4) is 0 Å². The number of hydrogen-bond donors (Lipinski definition) is 2. The monoisotopic (exact) mass is 294 g/mol. The molecule has 0 spiro atoms. The second-order valence-electron chi connectivity index (χ2n) is 7.07. The zero-order valence-corrected chi connectivity index (χ0v) is 12.8. The van der Waals surface area contributed by atoms with Crippen LogP contribution in [0.1, 0.15) is 58.3 Å². The summed E-state index contributed by atoms with van der Waals surface area (Å²) in [4.78, 5) is 26.0. The Bertz CT molecular complexity index is 439. The lowest BCUT2D eigenvalue weighted by molar-refractivity contribution is -0.148. The summed E-state index contributed by atoms with van der Waals surface area (Å²) in [5.74, 6) is 0.552. The average molecular weight is 294 g/mol. The number of fused-ring (bicyclic) bond motifs is 2. The normalized spacial score (nSPS) is 38.0. The first-order chi connectivity index (χ1) is 10.1. The largest absolute Gasteiger partial charge is 0.479 e. The Morgan fingerprint density at radius 2 is 2.14 bits per heavy atom. The first kappa shape index (κ1) is 14.7. The van der Waals surface area contributed by atoms with Gasteiger partial charge in [0.2, 0.25) is 0 Å². The maximum absolute atomic E-state index is 12.6. The fourth-order valence-electron chi connectivity index (χ4n) is 4.84. The van der Waals surface area contributed by atoms with E-state index >= 15 is 0 Å². The van der Waals surface area contributed by atoms with Crippen LogP contribution in [0.4, 0.5) is 4.79 Å². The third-order valence-corrected chi connectivity index (χ3v) is 5.84. The van der Waals surface area contributed by atoms with E-state index in [1.165, 1.54) is 19.3 Å². The summed E-state index contributed by atoms with van der Waals surface area (Å²) in [6.07, 6.45) is 7.54. The number of amides is 2. The number of hydrogen-bond acceptors (Lipinski definition) is 2. The Morgan fingerprint density at radius 1 is 1.33 bits per heavy atom. The van der Waals surface area contributed by atoms with Gasteiger partial charge >= 0.3 is 12.0 Å². The molecular weight excluding hydrogens is 268 g/mol. The molecule has 2 aliphatic carbocycles. The van der Waals surface area contributed by atoms with Gasteiger partial charge in [-0.25, -0.2) is 9.59 Å². The SMILES string of the molecule is CCCC1(C(=O)O)CCCN1C(=O)NC1CC2CCC1C2. The van der Waals surface area contributed by atoms with Crippen LogP contribution >= 0.6 is 0 Å². The Kier molecular flexibility index (Phi) is 3.84. The van der Waals surface area contributed by atoms with Crippen LogP contribution in [-0.4, -0.2) is 40.1 Å². The molecular formula is C16H26N2O3. The predicted octanol–water partition coefficient (Wildman–Crippen LogP) is 2.60. The molecule has 3 rings (SSSR count). The van der Waals surface area contributed by atoms with Crippen molar-refractivity contribution in [1.82, 2.24) is 10.2 Å². The number of carbonyl (C=O) groups excluding carboxylic acids is 1. The number of carboxylic acid groups (broad SMARTS) is 1. The summed E-state index contributed by atoms with van der Waals surface area (Å²) in [5.41, 5.74) is -0.976. The van der Waals surface area contributed by atoms with Crippen molar-refractivity contribution in [2.24, 2.45) is 11.8 Å². The van der Waals surface area contributed by atoms with E-state index in [-0.39, 0.29) is 12.1 Å². The van der Waals surface area contributed by atoms with Gasteiger partial charge in [-0.15, -0.1) is 0 Å². The predicted molar refractivity (Wildman–Crippen MR) is 79.0 cm³/mol. The molecule has 1 aliphatic heterocycles. The van der Waals surface area contributed by atoms with Crippen LogP contribution in [0.3, 0.4) is 0 Å². The van der Waals surface area contributed by atoms with E-state index in [9.17, 15) is 14.7 Å². The molecule has 0 radical (unpaired) electrons. The van der Waals surface area contributed by atoms with Crippen molar-refractivity contribution in [1.29, 1.82) is 0 Å². The number of nitrogens with zero attached hydrogens (tertiary/aromatic N) is 1. The highest BCUT2D eigenvalue weighted by Crippen LogP contribution is 2.44. The molecule has 5 heteroatoms. The molecule has 1 heterocycles. The molecule has 3 fully saturated rings. The maximum atomic E-state index is 12.6. The third kappa shape index (κ3) is 2.40. The van der Waals surface area contributed by atoms with Crippen molar-refractivity contribution in [2.75, 3.05) is 6.54 Å². The number of carbonyl (C=O) groups is 2. The molecule has 118 valence electrons. The van der Waals surface area contributed by atoms with Crippen molar-refractivity contribution < 1.29 is 14.7 Å². The number of likely N-dealkylation sites (tertiary alicyclic amines) is 1. The first-order valence-electron chi connectivity index (χ1n) is 8.38. The van der Waals surface area contributed by atoms with E-state index in [1.54, 1.807) is 4.90 Å². The van der Waals surface area contributed by atoms with Crippen LogP contribution in [0.15, 0.2) is 0 Å². The minimum Gasteiger partial charge on any atom is -0.479 e. The lowest BCUT2D eigenvalue weighted by atomic mass is 9.90. The average Bonchev–Trinajstić information content (AvgIpc) is 3.13. The molecule has 4 atom stereocenters. The van der Waals surface area contributed by atoms with E-state index in [4.69, 9.17) is 0 Å². The standard InChI is InChI=1S/C16H26N2O3/c1-2-6-16(14(19)20)7-3-8-18(16)15(21)17-13-10-11-4-5-12(13)9-11/h11-13H,2-10H2,1H3,(H,17,21)(H,19,20). The molecule has 5 nitrogen and oxygen atoms in total. The summed E-state index contributed by atoms with van der Waals surface area (Å²) in [5, 5.41) is 12.8. The smallest absolute Gasteiger partial charge is 0.329 e. The highest BCUT2D eigenvalue weighted by molar-refractivity contribution is 5.87. The van der Waals surface area contributed by atoms with Crippen LogP contribution in [0.25, 0.3) is 0 Å². The molecule has 2 saturated carbocycles. The molecule has 0 aromatic rings. The van der Waals surface area contributed by atoms with Gasteiger partial charge in [0, 0.05) is 12.6 Å². The summed E-state index contributed by atoms with van der Waals surface area (Å²) in [6.45, 7) is 2.55. The van der Waals surface area contributed by atoms with Gasteiger partial charge in [-0.3, -0.25) is 0 Å². The van der Waals surface area contributed by atoms with Gasteiger partial charge in [-0.1, -0.05) is 19.8 Å². The minimum absolute atomic E-state index is 0.152. The summed E-state index contributed by atoms with van der Waals surface area (Å²) in [7, 11) is 0. The van der Waals surface area contributed by atoms with E-state index in [1.807, 2.05) is 6.92 Å². The Balaban J connectivity index is 1.69. The molecule has 21 heavy (non-hydrogen) atoms. The van der Waals surface area contributed by atoms with Crippen molar-refractivity contribution in [2.45, 2.75) is 69.9 Å². The maximum Gasteiger partial charge on any atom is 0.329 e. The van der Waals surface area contributed by atoms with Crippen molar-refractivity contribution in [3.63, 3.8) is 0 Å². The molecule has 2 N–H and O–H groups in total. The summed E-state index contributed by atoms with van der Waals surface area (Å²) in [6, 6.07) is 0.117. The first-order valence-corrected chi connectivity index (χ1v) is 8.38. The van der Waals surface area contributed by atoms with Gasteiger partial charge in [0.25, 0.3) is 0 Å². The van der Waals surface area contributed by atoms with Crippen LogP contribution in [0.2, 0.25) is 0 Å². The van der Waals surface area contributed by atoms with Gasteiger partial charge in [0.1, 0.15) is 5.54 Å². The van der Waals surface area contributed by atoms with Crippen molar-refractivity contribution in [3.05, 3.63) is 0 Å². The molecule has 4 unspecified atom stereocenters. The topological polar surface area (TPSA) is 69.6 Å². The quantitative estimate of drug-likeness (QED) is 0.837. The third-order valence-electron chi connectivity index (χ3n) is 5.84.